The van der Waals surface area contributed by atoms with Gasteiger partial charge in [0.25, 0.3) is 5.69 Å². The van der Waals surface area contributed by atoms with Crippen molar-refractivity contribution in [3.05, 3.63) is 38.9 Å². The second-order valence-corrected chi connectivity index (χ2v) is 4.89. The molecule has 0 N–H and O–H groups in total. The second kappa shape index (κ2) is 7.22. The highest BCUT2D eigenvalue weighted by atomic mass is 35.5. The topological polar surface area (TPSA) is 95.7 Å². The average Bonchev–Trinajstić information content (AvgIpc) is 2.46. The van der Waals surface area contributed by atoms with E-state index in [0.29, 0.717) is 0 Å². The lowest BCUT2D eigenvalue weighted by atomic mass is 9.82. The van der Waals surface area contributed by atoms with Crippen LogP contribution in [0.1, 0.15) is 26.3 Å². The Morgan fingerprint density at radius 1 is 1.23 bits per heavy atom. The Morgan fingerprint density at radius 2 is 1.73 bits per heavy atom. The third-order valence-electron chi connectivity index (χ3n) is 3.07. The number of rotatable bonds is 6. The van der Waals surface area contributed by atoms with E-state index in [0.717, 1.165) is 12.1 Å². The molecule has 0 radical (unpaired) electrons. The summed E-state index contributed by atoms with van der Waals surface area (Å²) in [6.45, 7) is 4.65. The zero-order chi connectivity index (χ0) is 16.9. The van der Waals surface area contributed by atoms with Crippen molar-refractivity contribution < 1.29 is 24.0 Å². The van der Waals surface area contributed by atoms with Crippen molar-refractivity contribution in [3.8, 4) is 0 Å². The van der Waals surface area contributed by atoms with E-state index < -0.39 is 22.3 Å². The molecule has 0 unspecified atom stereocenters. The summed E-state index contributed by atoms with van der Waals surface area (Å²) in [5.41, 5.74) is -1.95. The zero-order valence-electron chi connectivity index (χ0n) is 12.4. The minimum atomic E-state index is -1.79. The lowest BCUT2D eigenvalue weighted by Crippen LogP contribution is -2.43. The molecule has 0 saturated carbocycles. The summed E-state index contributed by atoms with van der Waals surface area (Å²) in [5.74, 6) is -1.66. The maximum atomic E-state index is 12.2. The Kier molecular flexibility index (Phi) is 5.87. The number of ether oxygens (including phenoxy) is 2. The van der Waals surface area contributed by atoms with E-state index in [1.165, 1.54) is 13.0 Å². The molecule has 1 rings (SSSR count). The van der Waals surface area contributed by atoms with Crippen LogP contribution >= 0.6 is 11.6 Å². The predicted molar refractivity (Wildman–Crippen MR) is 78.7 cm³/mol. The average molecular weight is 330 g/mol. The number of benzene rings is 1. The lowest BCUT2D eigenvalue weighted by Gasteiger charge is -2.26. The molecule has 0 aliphatic rings. The molecule has 0 aliphatic carbocycles. The van der Waals surface area contributed by atoms with Gasteiger partial charge in [-0.05, 0) is 32.4 Å². The highest BCUT2D eigenvalue weighted by Crippen LogP contribution is 2.35. The maximum absolute atomic E-state index is 12.2. The molecule has 0 atom stereocenters. The summed E-state index contributed by atoms with van der Waals surface area (Å²) in [4.78, 5) is 34.6. The summed E-state index contributed by atoms with van der Waals surface area (Å²) in [5, 5.41) is 10.7. The van der Waals surface area contributed by atoms with Crippen LogP contribution in [0.3, 0.4) is 0 Å². The molecule has 1 aromatic rings. The van der Waals surface area contributed by atoms with Gasteiger partial charge in [0.1, 0.15) is 0 Å². The summed E-state index contributed by atoms with van der Waals surface area (Å²) in [7, 11) is 0. The highest BCUT2D eigenvalue weighted by molar-refractivity contribution is 6.32. The molecule has 22 heavy (non-hydrogen) atoms. The number of hydrogen-bond acceptors (Lipinski definition) is 6. The minimum Gasteiger partial charge on any atom is -0.465 e. The molecular formula is C14H16ClNO6. The first-order chi connectivity index (χ1) is 10.3. The minimum absolute atomic E-state index is 0.0679. The largest absolute Gasteiger partial charge is 0.465 e. The number of carbonyl (C=O) groups is 2. The molecule has 0 aliphatic heterocycles. The van der Waals surface area contributed by atoms with Gasteiger partial charge in [0, 0.05) is 12.1 Å². The van der Waals surface area contributed by atoms with Crippen molar-refractivity contribution in [1.82, 2.24) is 0 Å². The van der Waals surface area contributed by atoms with Gasteiger partial charge < -0.3 is 9.47 Å². The van der Waals surface area contributed by atoms with Crippen molar-refractivity contribution in [2.45, 2.75) is 26.2 Å². The number of esters is 2. The van der Waals surface area contributed by atoms with E-state index in [-0.39, 0.29) is 29.5 Å². The Labute approximate surface area is 132 Å². The van der Waals surface area contributed by atoms with Crippen molar-refractivity contribution in [1.29, 1.82) is 0 Å². The smallest absolute Gasteiger partial charge is 0.327 e. The van der Waals surface area contributed by atoms with Gasteiger partial charge in [0.05, 0.1) is 23.2 Å². The first kappa shape index (κ1) is 17.9. The van der Waals surface area contributed by atoms with Gasteiger partial charge in [-0.25, -0.2) is 0 Å². The van der Waals surface area contributed by atoms with Crippen LogP contribution in [-0.2, 0) is 24.5 Å². The third-order valence-corrected chi connectivity index (χ3v) is 3.38. The van der Waals surface area contributed by atoms with Crippen LogP contribution in [0.2, 0.25) is 5.02 Å². The standard InChI is InChI=1S/C14H16ClNO6/c1-4-21-12(17)14(3,13(18)22-5-2)10-7-6-9(16(19)20)8-11(10)15/h6-8H,4-5H2,1-3H3. The molecule has 0 fully saturated rings. The number of nitro groups is 1. The fourth-order valence-corrected chi connectivity index (χ4v) is 2.24. The summed E-state index contributed by atoms with van der Waals surface area (Å²) < 4.78 is 9.86. The summed E-state index contributed by atoms with van der Waals surface area (Å²) >= 11 is 6.03. The SMILES string of the molecule is CCOC(=O)C(C)(C(=O)OCC)c1ccc([N+](=O)[O-])cc1Cl. The summed E-state index contributed by atoms with van der Waals surface area (Å²) in [6, 6.07) is 3.50. The van der Waals surface area contributed by atoms with Crippen LogP contribution in [0.25, 0.3) is 0 Å². The first-order valence-electron chi connectivity index (χ1n) is 6.57. The molecule has 0 saturated heterocycles. The number of nitro benzene ring substituents is 1. The summed E-state index contributed by atoms with van der Waals surface area (Å²) in [6.07, 6.45) is 0. The molecule has 0 amide bonds. The lowest BCUT2D eigenvalue weighted by molar-refractivity contribution is -0.384. The van der Waals surface area contributed by atoms with E-state index in [1.807, 2.05) is 0 Å². The van der Waals surface area contributed by atoms with Crippen molar-refractivity contribution in [3.63, 3.8) is 0 Å². The fraction of sp³-hybridized carbons (Fsp3) is 0.429. The van der Waals surface area contributed by atoms with Crippen molar-refractivity contribution in [2.24, 2.45) is 0 Å². The van der Waals surface area contributed by atoms with Crippen LogP contribution < -0.4 is 0 Å². The molecule has 0 heterocycles. The second-order valence-electron chi connectivity index (χ2n) is 4.49. The van der Waals surface area contributed by atoms with Gasteiger partial charge in [0.15, 0.2) is 5.41 Å². The van der Waals surface area contributed by atoms with Crippen molar-refractivity contribution in [2.75, 3.05) is 13.2 Å². The maximum Gasteiger partial charge on any atom is 0.327 e. The number of hydrogen-bond donors (Lipinski definition) is 0. The van der Waals surface area contributed by atoms with E-state index >= 15 is 0 Å². The molecule has 0 aromatic heterocycles. The highest BCUT2D eigenvalue weighted by Gasteiger charge is 2.47. The van der Waals surface area contributed by atoms with Gasteiger partial charge in [0.2, 0.25) is 0 Å². The number of halogens is 1. The number of non-ortho nitro benzene ring substituents is 1. The molecular weight excluding hydrogens is 314 g/mol. The fourth-order valence-electron chi connectivity index (χ4n) is 1.88. The van der Waals surface area contributed by atoms with Crippen LogP contribution in [0.4, 0.5) is 5.69 Å². The van der Waals surface area contributed by atoms with E-state index in [1.54, 1.807) is 13.8 Å². The van der Waals surface area contributed by atoms with Crippen LogP contribution in [0, 0.1) is 10.1 Å². The van der Waals surface area contributed by atoms with E-state index in [9.17, 15) is 19.7 Å². The van der Waals surface area contributed by atoms with Gasteiger partial charge in [-0.2, -0.15) is 0 Å². The normalized spacial score (nSPS) is 10.9. The Hall–Kier alpha value is -2.15. The van der Waals surface area contributed by atoms with Gasteiger partial charge in [-0.1, -0.05) is 11.6 Å². The van der Waals surface area contributed by atoms with E-state index in [2.05, 4.69) is 0 Å². The first-order valence-corrected chi connectivity index (χ1v) is 6.95. The molecule has 120 valence electrons. The molecule has 0 spiro atoms. The van der Waals surface area contributed by atoms with E-state index in [4.69, 9.17) is 21.1 Å². The number of nitrogens with zero attached hydrogens (tertiary/aromatic N) is 1. The third kappa shape index (κ3) is 3.36. The molecule has 8 heteroatoms. The molecule has 7 nitrogen and oxygen atoms in total. The number of carbonyl (C=O) groups excluding carboxylic acids is 2. The van der Waals surface area contributed by atoms with Gasteiger partial charge in [-0.15, -0.1) is 0 Å². The molecule has 1 aromatic carbocycles. The monoisotopic (exact) mass is 329 g/mol. The van der Waals surface area contributed by atoms with Crippen LogP contribution in [-0.4, -0.2) is 30.1 Å². The van der Waals surface area contributed by atoms with Gasteiger partial charge in [-0.3, -0.25) is 19.7 Å². The Bertz CT molecular complexity index is 583. The quantitative estimate of drug-likeness (QED) is 0.344. The van der Waals surface area contributed by atoms with Crippen LogP contribution in [0.15, 0.2) is 18.2 Å². The predicted octanol–water partition coefficient (Wildman–Crippen LogP) is 2.63. The van der Waals surface area contributed by atoms with Gasteiger partial charge >= 0.3 is 11.9 Å². The Balaban J connectivity index is 3.42. The zero-order valence-corrected chi connectivity index (χ0v) is 13.2. The van der Waals surface area contributed by atoms with Crippen LogP contribution in [0.5, 0.6) is 0 Å². The van der Waals surface area contributed by atoms with Crippen molar-refractivity contribution >= 4 is 29.2 Å². The Morgan fingerprint density at radius 3 is 2.09 bits per heavy atom. The molecule has 0 bridgehead atoms.